The molecule has 0 radical (unpaired) electrons. The van der Waals surface area contributed by atoms with E-state index in [4.69, 9.17) is 0 Å². The summed E-state index contributed by atoms with van der Waals surface area (Å²) in [7, 11) is 0. The van der Waals surface area contributed by atoms with Gasteiger partial charge in [0.15, 0.2) is 0 Å². The highest BCUT2D eigenvalue weighted by Gasteiger charge is 2.43. The number of hydrogen-bond donors (Lipinski definition) is 1. The summed E-state index contributed by atoms with van der Waals surface area (Å²) in [6.07, 6.45) is 7.65. The van der Waals surface area contributed by atoms with Gasteiger partial charge in [0.25, 0.3) is 0 Å². The molecule has 2 aliphatic carbocycles. The maximum atomic E-state index is 12.2. The average Bonchev–Trinajstić information content (AvgIpc) is 3.27. The Bertz CT molecular complexity index is 464. The zero-order valence-corrected chi connectivity index (χ0v) is 13.4. The van der Waals surface area contributed by atoms with Gasteiger partial charge in [0.1, 0.15) is 0 Å². The molecule has 1 amide bonds. The quantitative estimate of drug-likeness (QED) is 0.875. The van der Waals surface area contributed by atoms with Crippen LogP contribution in [0.1, 0.15) is 50.0 Å². The number of hydrogen-bond acceptors (Lipinski definition) is 1. The minimum Gasteiger partial charge on any atom is -0.356 e. The highest BCUT2D eigenvalue weighted by atomic mass is 79.9. The van der Waals surface area contributed by atoms with Crippen LogP contribution in [0, 0.1) is 11.8 Å². The van der Waals surface area contributed by atoms with Crippen LogP contribution in [0.5, 0.6) is 0 Å². The summed E-state index contributed by atoms with van der Waals surface area (Å²) in [4.78, 5) is 12.2. The van der Waals surface area contributed by atoms with E-state index >= 15 is 0 Å². The maximum absolute atomic E-state index is 12.2. The molecule has 108 valence electrons. The van der Waals surface area contributed by atoms with Gasteiger partial charge in [-0.2, -0.15) is 0 Å². The molecule has 0 heterocycles. The molecule has 0 spiro atoms. The lowest BCUT2D eigenvalue weighted by molar-refractivity contribution is -0.122. The molecule has 2 unspecified atom stereocenters. The largest absolute Gasteiger partial charge is 0.356 e. The van der Waals surface area contributed by atoms with Gasteiger partial charge >= 0.3 is 0 Å². The highest BCUT2D eigenvalue weighted by molar-refractivity contribution is 9.10. The standard InChI is InChI=1S/C17H22BrNO/c18-14-8-6-13(7-9-14)15-10-16(15)17(20)19-11-12-4-2-1-3-5-12/h6-9,12,15-16H,1-5,10-11H2,(H,19,20). The number of benzene rings is 1. The summed E-state index contributed by atoms with van der Waals surface area (Å²) in [5, 5.41) is 3.18. The Morgan fingerprint density at radius 1 is 1.15 bits per heavy atom. The van der Waals surface area contributed by atoms with E-state index < -0.39 is 0 Å². The van der Waals surface area contributed by atoms with E-state index in [1.54, 1.807) is 0 Å². The van der Waals surface area contributed by atoms with Crippen molar-refractivity contribution in [2.24, 2.45) is 11.8 Å². The normalized spacial score (nSPS) is 26.2. The van der Waals surface area contributed by atoms with E-state index in [0.717, 1.165) is 23.4 Å². The van der Waals surface area contributed by atoms with Crippen molar-refractivity contribution in [3.63, 3.8) is 0 Å². The third-order valence-corrected chi connectivity index (χ3v) is 5.24. The molecule has 0 saturated heterocycles. The molecule has 1 aromatic rings. The van der Waals surface area contributed by atoms with E-state index in [2.05, 4.69) is 45.5 Å². The molecule has 2 nitrogen and oxygen atoms in total. The van der Waals surface area contributed by atoms with Crippen LogP contribution in [0.25, 0.3) is 0 Å². The molecular formula is C17H22BrNO. The summed E-state index contributed by atoms with van der Waals surface area (Å²) in [6.45, 7) is 0.891. The number of carbonyl (C=O) groups excluding carboxylic acids is 1. The Balaban J connectivity index is 1.46. The molecule has 3 rings (SSSR count). The number of amides is 1. The Labute approximate surface area is 129 Å². The van der Waals surface area contributed by atoms with Crippen molar-refractivity contribution in [1.29, 1.82) is 0 Å². The van der Waals surface area contributed by atoms with Gasteiger partial charge in [-0.3, -0.25) is 4.79 Å². The third-order valence-electron chi connectivity index (χ3n) is 4.72. The van der Waals surface area contributed by atoms with Gasteiger partial charge < -0.3 is 5.32 Å². The fourth-order valence-electron chi connectivity index (χ4n) is 3.33. The first-order valence-corrected chi connectivity index (χ1v) is 8.56. The fourth-order valence-corrected chi connectivity index (χ4v) is 3.59. The molecule has 1 aromatic carbocycles. The second-order valence-electron chi connectivity index (χ2n) is 6.25. The predicted molar refractivity (Wildman–Crippen MR) is 84.6 cm³/mol. The van der Waals surface area contributed by atoms with Crippen LogP contribution in [0.15, 0.2) is 28.7 Å². The second-order valence-corrected chi connectivity index (χ2v) is 7.17. The van der Waals surface area contributed by atoms with Gasteiger partial charge in [0.2, 0.25) is 5.91 Å². The number of halogens is 1. The van der Waals surface area contributed by atoms with Crippen LogP contribution < -0.4 is 5.32 Å². The smallest absolute Gasteiger partial charge is 0.223 e. The van der Waals surface area contributed by atoms with Gasteiger partial charge in [-0.15, -0.1) is 0 Å². The van der Waals surface area contributed by atoms with Crippen molar-refractivity contribution in [1.82, 2.24) is 5.32 Å². The summed E-state index contributed by atoms with van der Waals surface area (Å²) < 4.78 is 1.10. The second kappa shape index (κ2) is 6.30. The summed E-state index contributed by atoms with van der Waals surface area (Å²) in [5.74, 6) is 1.63. The van der Waals surface area contributed by atoms with Crippen molar-refractivity contribution in [3.05, 3.63) is 34.3 Å². The lowest BCUT2D eigenvalue weighted by Gasteiger charge is -2.21. The van der Waals surface area contributed by atoms with E-state index in [1.807, 2.05) is 0 Å². The van der Waals surface area contributed by atoms with Crippen LogP contribution in [-0.2, 0) is 4.79 Å². The lowest BCUT2D eigenvalue weighted by atomic mass is 9.89. The Kier molecular flexibility index (Phi) is 4.45. The van der Waals surface area contributed by atoms with Gasteiger partial charge in [0.05, 0.1) is 0 Å². The first kappa shape index (κ1) is 14.1. The third kappa shape index (κ3) is 3.43. The lowest BCUT2D eigenvalue weighted by Crippen LogP contribution is -2.31. The van der Waals surface area contributed by atoms with Crippen molar-refractivity contribution in [2.75, 3.05) is 6.54 Å². The molecule has 2 aliphatic rings. The molecule has 0 aliphatic heterocycles. The van der Waals surface area contributed by atoms with Crippen molar-refractivity contribution >= 4 is 21.8 Å². The van der Waals surface area contributed by atoms with E-state index in [0.29, 0.717) is 5.92 Å². The first-order chi connectivity index (χ1) is 9.74. The van der Waals surface area contributed by atoms with Crippen LogP contribution >= 0.6 is 15.9 Å². The number of nitrogens with one attached hydrogen (secondary N) is 1. The molecule has 3 heteroatoms. The van der Waals surface area contributed by atoms with Crippen LogP contribution in [0.2, 0.25) is 0 Å². The maximum Gasteiger partial charge on any atom is 0.223 e. The molecule has 2 fully saturated rings. The molecule has 0 bridgehead atoms. The van der Waals surface area contributed by atoms with Crippen molar-refractivity contribution in [3.8, 4) is 0 Å². The minimum atomic E-state index is 0.208. The molecule has 2 atom stereocenters. The topological polar surface area (TPSA) is 29.1 Å². The predicted octanol–water partition coefficient (Wildman–Crippen LogP) is 4.25. The minimum absolute atomic E-state index is 0.208. The SMILES string of the molecule is O=C(NCC1CCCCC1)C1CC1c1ccc(Br)cc1. The van der Waals surface area contributed by atoms with E-state index in [1.165, 1.54) is 37.7 Å². The number of rotatable bonds is 4. The van der Waals surface area contributed by atoms with Gasteiger partial charge in [-0.25, -0.2) is 0 Å². The van der Waals surface area contributed by atoms with Crippen LogP contribution in [-0.4, -0.2) is 12.5 Å². The van der Waals surface area contributed by atoms with Gasteiger partial charge in [0, 0.05) is 16.9 Å². The summed E-state index contributed by atoms with van der Waals surface area (Å²) in [6, 6.07) is 8.38. The van der Waals surface area contributed by atoms with Crippen LogP contribution in [0.4, 0.5) is 0 Å². The summed E-state index contributed by atoms with van der Waals surface area (Å²) in [5.41, 5.74) is 1.30. The summed E-state index contributed by atoms with van der Waals surface area (Å²) >= 11 is 3.45. The van der Waals surface area contributed by atoms with E-state index in [-0.39, 0.29) is 11.8 Å². The average molecular weight is 336 g/mol. The zero-order valence-electron chi connectivity index (χ0n) is 11.8. The Hall–Kier alpha value is -0.830. The van der Waals surface area contributed by atoms with Gasteiger partial charge in [-0.1, -0.05) is 47.3 Å². The molecule has 1 N–H and O–H groups in total. The molecule has 20 heavy (non-hydrogen) atoms. The Morgan fingerprint density at radius 3 is 2.55 bits per heavy atom. The monoisotopic (exact) mass is 335 g/mol. The number of carbonyl (C=O) groups is 1. The van der Waals surface area contributed by atoms with E-state index in [9.17, 15) is 4.79 Å². The van der Waals surface area contributed by atoms with Gasteiger partial charge in [-0.05, 0) is 48.8 Å². The zero-order chi connectivity index (χ0) is 13.9. The molecule has 0 aromatic heterocycles. The fraction of sp³-hybridized carbons (Fsp3) is 0.588. The van der Waals surface area contributed by atoms with Crippen LogP contribution in [0.3, 0.4) is 0 Å². The van der Waals surface area contributed by atoms with Crippen molar-refractivity contribution < 1.29 is 4.79 Å². The molecule has 2 saturated carbocycles. The molecular weight excluding hydrogens is 314 g/mol. The highest BCUT2D eigenvalue weighted by Crippen LogP contribution is 2.47. The first-order valence-electron chi connectivity index (χ1n) is 7.77. The Morgan fingerprint density at radius 2 is 1.85 bits per heavy atom. The van der Waals surface area contributed by atoms with Crippen molar-refractivity contribution in [2.45, 2.75) is 44.4 Å².